The number of anilines is 1. The van der Waals surface area contributed by atoms with Crippen LogP contribution in [0.15, 0.2) is 42.5 Å². The van der Waals surface area contributed by atoms with Crippen LogP contribution in [0.1, 0.15) is 22.3 Å². The molecule has 0 radical (unpaired) electrons. The van der Waals surface area contributed by atoms with E-state index < -0.39 is 0 Å². The molecular weight excluding hydrogens is 220 g/mol. The summed E-state index contributed by atoms with van der Waals surface area (Å²) in [6.07, 6.45) is 0. The molecule has 0 aromatic heterocycles. The molecule has 0 aliphatic heterocycles. The second kappa shape index (κ2) is 5.69. The molecule has 2 heteroatoms. The van der Waals surface area contributed by atoms with Gasteiger partial charge in [0.25, 0.3) is 0 Å². The highest BCUT2D eigenvalue weighted by Crippen LogP contribution is 2.13. The molecule has 3 N–H and O–H groups in total. The van der Waals surface area contributed by atoms with Gasteiger partial charge in [-0.1, -0.05) is 36.4 Å². The Morgan fingerprint density at radius 1 is 0.889 bits per heavy atom. The Balaban J connectivity index is 1.97. The van der Waals surface area contributed by atoms with E-state index in [1.165, 1.54) is 16.7 Å². The molecule has 0 aliphatic rings. The number of nitrogen functional groups attached to an aromatic ring is 1. The average molecular weight is 240 g/mol. The number of nitrogens with one attached hydrogen (secondary N) is 1. The van der Waals surface area contributed by atoms with Crippen LogP contribution in [-0.2, 0) is 13.1 Å². The summed E-state index contributed by atoms with van der Waals surface area (Å²) >= 11 is 0. The molecule has 0 bridgehead atoms. The Hall–Kier alpha value is -1.80. The van der Waals surface area contributed by atoms with Crippen molar-refractivity contribution < 1.29 is 0 Å². The average Bonchev–Trinajstić information content (AvgIpc) is 2.37. The maximum atomic E-state index is 5.91. The number of nitrogens with two attached hydrogens (primary N) is 1. The smallest absolute Gasteiger partial charge is 0.0359 e. The van der Waals surface area contributed by atoms with Gasteiger partial charge in [-0.05, 0) is 42.2 Å². The third kappa shape index (κ3) is 2.90. The summed E-state index contributed by atoms with van der Waals surface area (Å²) in [6.45, 7) is 6.00. The van der Waals surface area contributed by atoms with Gasteiger partial charge in [0.05, 0.1) is 0 Å². The van der Waals surface area contributed by atoms with E-state index in [-0.39, 0.29) is 0 Å². The number of benzene rings is 2. The fourth-order valence-electron chi connectivity index (χ4n) is 2.03. The van der Waals surface area contributed by atoms with Crippen LogP contribution in [0, 0.1) is 13.8 Å². The predicted molar refractivity (Wildman–Crippen MR) is 77.3 cm³/mol. The third-order valence-corrected chi connectivity index (χ3v) is 3.40. The molecule has 0 fully saturated rings. The molecule has 0 heterocycles. The molecule has 94 valence electrons. The Kier molecular flexibility index (Phi) is 4.00. The Labute approximate surface area is 109 Å². The molecule has 0 saturated carbocycles. The largest absolute Gasteiger partial charge is 0.398 e. The van der Waals surface area contributed by atoms with Crippen LogP contribution in [0.25, 0.3) is 0 Å². The van der Waals surface area contributed by atoms with Gasteiger partial charge in [-0.25, -0.2) is 0 Å². The van der Waals surface area contributed by atoms with Crippen LogP contribution in [-0.4, -0.2) is 0 Å². The molecule has 18 heavy (non-hydrogen) atoms. The van der Waals surface area contributed by atoms with E-state index in [4.69, 9.17) is 5.73 Å². The van der Waals surface area contributed by atoms with Gasteiger partial charge in [-0.2, -0.15) is 0 Å². The van der Waals surface area contributed by atoms with Crippen molar-refractivity contribution in [1.82, 2.24) is 5.32 Å². The van der Waals surface area contributed by atoms with Crippen molar-refractivity contribution in [1.29, 1.82) is 0 Å². The number of para-hydroxylation sites is 1. The van der Waals surface area contributed by atoms with Crippen LogP contribution in [0.3, 0.4) is 0 Å². The molecule has 0 saturated heterocycles. The summed E-state index contributed by atoms with van der Waals surface area (Å²) in [7, 11) is 0. The molecule has 0 aliphatic carbocycles. The van der Waals surface area contributed by atoms with Crippen LogP contribution >= 0.6 is 0 Å². The van der Waals surface area contributed by atoms with Crippen molar-refractivity contribution in [2.24, 2.45) is 0 Å². The van der Waals surface area contributed by atoms with Gasteiger partial charge < -0.3 is 11.1 Å². The van der Waals surface area contributed by atoms with Gasteiger partial charge in [0.15, 0.2) is 0 Å². The quantitative estimate of drug-likeness (QED) is 0.806. The molecule has 2 rings (SSSR count). The van der Waals surface area contributed by atoms with Gasteiger partial charge in [-0.15, -0.1) is 0 Å². The number of hydrogen-bond acceptors (Lipinski definition) is 2. The lowest BCUT2D eigenvalue weighted by molar-refractivity contribution is 0.691. The van der Waals surface area contributed by atoms with Crippen LogP contribution in [0.2, 0.25) is 0 Å². The van der Waals surface area contributed by atoms with Crippen molar-refractivity contribution in [2.75, 3.05) is 5.73 Å². The topological polar surface area (TPSA) is 38.0 Å². The van der Waals surface area contributed by atoms with E-state index >= 15 is 0 Å². The monoisotopic (exact) mass is 240 g/mol. The van der Waals surface area contributed by atoms with E-state index in [1.807, 2.05) is 18.2 Å². The zero-order chi connectivity index (χ0) is 13.0. The highest BCUT2D eigenvalue weighted by molar-refractivity contribution is 5.46. The first-order valence-electron chi connectivity index (χ1n) is 6.27. The van der Waals surface area contributed by atoms with Crippen molar-refractivity contribution in [3.8, 4) is 0 Å². The maximum Gasteiger partial charge on any atom is 0.0359 e. The Morgan fingerprint density at radius 3 is 2.33 bits per heavy atom. The summed E-state index contributed by atoms with van der Waals surface area (Å²) in [4.78, 5) is 0. The van der Waals surface area contributed by atoms with Gasteiger partial charge in [0.2, 0.25) is 0 Å². The number of aryl methyl sites for hydroxylation is 1. The van der Waals surface area contributed by atoms with Crippen LogP contribution < -0.4 is 11.1 Å². The fourth-order valence-corrected chi connectivity index (χ4v) is 2.03. The van der Waals surface area contributed by atoms with Gasteiger partial charge in [0, 0.05) is 18.8 Å². The minimum Gasteiger partial charge on any atom is -0.398 e. The molecule has 2 nitrogen and oxygen atoms in total. The highest BCUT2D eigenvalue weighted by atomic mass is 14.9. The predicted octanol–water partition coefficient (Wildman–Crippen LogP) is 3.18. The lowest BCUT2D eigenvalue weighted by Gasteiger charge is -2.11. The molecule has 2 aromatic carbocycles. The summed E-state index contributed by atoms with van der Waals surface area (Å²) in [5.41, 5.74) is 12.0. The zero-order valence-corrected chi connectivity index (χ0v) is 11.0. The van der Waals surface area contributed by atoms with Crippen LogP contribution in [0.4, 0.5) is 5.69 Å². The summed E-state index contributed by atoms with van der Waals surface area (Å²) in [6, 6.07) is 14.4. The molecule has 2 aromatic rings. The lowest BCUT2D eigenvalue weighted by atomic mass is 10.0. The van der Waals surface area contributed by atoms with Crippen molar-refractivity contribution in [3.05, 3.63) is 64.7 Å². The minimum absolute atomic E-state index is 0.806. The second-order valence-electron chi connectivity index (χ2n) is 4.66. The fraction of sp³-hybridized carbons (Fsp3) is 0.250. The van der Waals surface area contributed by atoms with Crippen molar-refractivity contribution in [2.45, 2.75) is 26.9 Å². The first-order chi connectivity index (χ1) is 8.68. The third-order valence-electron chi connectivity index (χ3n) is 3.40. The zero-order valence-electron chi connectivity index (χ0n) is 11.0. The normalized spacial score (nSPS) is 10.6. The first kappa shape index (κ1) is 12.7. The Bertz CT molecular complexity index is 532. The summed E-state index contributed by atoms with van der Waals surface area (Å²) < 4.78 is 0. The van der Waals surface area contributed by atoms with Crippen molar-refractivity contribution >= 4 is 5.69 Å². The Morgan fingerprint density at radius 2 is 1.56 bits per heavy atom. The SMILES string of the molecule is Cc1cccc(CNCc2ccccc2N)c1C. The maximum absolute atomic E-state index is 5.91. The lowest BCUT2D eigenvalue weighted by Crippen LogP contribution is -2.14. The van der Waals surface area contributed by atoms with Gasteiger partial charge in [-0.3, -0.25) is 0 Å². The standard InChI is InChI=1S/C16H20N2/c1-12-6-5-8-14(13(12)2)10-18-11-15-7-3-4-9-16(15)17/h3-9,18H,10-11,17H2,1-2H3. The van der Waals surface area contributed by atoms with E-state index in [2.05, 4.69) is 43.4 Å². The van der Waals surface area contributed by atoms with Crippen LogP contribution in [0.5, 0.6) is 0 Å². The van der Waals surface area contributed by atoms with E-state index in [0.29, 0.717) is 0 Å². The summed E-state index contributed by atoms with van der Waals surface area (Å²) in [5, 5.41) is 3.45. The van der Waals surface area contributed by atoms with Gasteiger partial charge in [0.1, 0.15) is 0 Å². The first-order valence-corrected chi connectivity index (χ1v) is 6.27. The van der Waals surface area contributed by atoms with Crippen molar-refractivity contribution in [3.63, 3.8) is 0 Å². The van der Waals surface area contributed by atoms with E-state index in [1.54, 1.807) is 0 Å². The highest BCUT2D eigenvalue weighted by Gasteiger charge is 2.01. The molecular formula is C16H20N2. The molecule has 0 amide bonds. The molecule has 0 unspecified atom stereocenters. The number of hydrogen-bond donors (Lipinski definition) is 2. The molecule has 0 atom stereocenters. The van der Waals surface area contributed by atoms with E-state index in [0.717, 1.165) is 24.3 Å². The van der Waals surface area contributed by atoms with Gasteiger partial charge >= 0.3 is 0 Å². The number of rotatable bonds is 4. The minimum atomic E-state index is 0.806. The van der Waals surface area contributed by atoms with E-state index in [9.17, 15) is 0 Å². The summed E-state index contributed by atoms with van der Waals surface area (Å²) in [5.74, 6) is 0. The second-order valence-corrected chi connectivity index (χ2v) is 4.66. The molecule has 0 spiro atoms.